The van der Waals surface area contributed by atoms with E-state index in [0.717, 1.165) is 0 Å². The number of methoxy groups -OCH3 is 1. The van der Waals surface area contributed by atoms with Crippen LogP contribution >= 0.6 is 22.6 Å². The van der Waals surface area contributed by atoms with Gasteiger partial charge in [0.1, 0.15) is 11.8 Å². The van der Waals surface area contributed by atoms with E-state index in [4.69, 9.17) is 15.7 Å². The van der Waals surface area contributed by atoms with Gasteiger partial charge in [0.25, 0.3) is 0 Å². The molecule has 5 heteroatoms. The third-order valence-corrected chi connectivity index (χ3v) is 2.53. The van der Waals surface area contributed by atoms with E-state index in [0.29, 0.717) is 14.9 Å². The van der Waals surface area contributed by atoms with Crippen molar-refractivity contribution in [2.24, 2.45) is 5.73 Å². The molecule has 1 aromatic rings. The molecule has 0 saturated heterocycles. The monoisotopic (exact) mass is 302 g/mol. The van der Waals surface area contributed by atoms with E-state index < -0.39 is 5.91 Å². The lowest BCUT2D eigenvalue weighted by molar-refractivity contribution is 0.0999. The van der Waals surface area contributed by atoms with Gasteiger partial charge in [-0.3, -0.25) is 4.79 Å². The summed E-state index contributed by atoms with van der Waals surface area (Å²) in [6.07, 6.45) is 0. The standard InChI is InChI=1S/C9H7IN2O2/c1-14-5-2-6(9(12)13)7(4-11)8(10)3-5/h2-3H,1H3,(H2,12,13). The molecule has 0 aliphatic rings. The molecule has 0 unspecified atom stereocenters. The lowest BCUT2D eigenvalue weighted by Crippen LogP contribution is -2.13. The van der Waals surface area contributed by atoms with Gasteiger partial charge in [-0.1, -0.05) is 0 Å². The minimum absolute atomic E-state index is 0.191. The summed E-state index contributed by atoms with van der Waals surface area (Å²) >= 11 is 1.96. The molecule has 1 aromatic carbocycles. The van der Waals surface area contributed by atoms with Gasteiger partial charge in [-0.05, 0) is 34.7 Å². The Hall–Kier alpha value is -1.29. The van der Waals surface area contributed by atoms with E-state index in [1.165, 1.54) is 13.2 Å². The van der Waals surface area contributed by atoms with Gasteiger partial charge in [-0.25, -0.2) is 0 Å². The number of nitriles is 1. The number of hydrogen-bond acceptors (Lipinski definition) is 3. The number of nitrogens with two attached hydrogens (primary N) is 1. The second kappa shape index (κ2) is 4.28. The second-order valence-corrected chi connectivity index (χ2v) is 3.67. The van der Waals surface area contributed by atoms with Crippen molar-refractivity contribution in [2.45, 2.75) is 0 Å². The van der Waals surface area contributed by atoms with E-state index in [9.17, 15) is 4.79 Å². The second-order valence-electron chi connectivity index (χ2n) is 2.51. The van der Waals surface area contributed by atoms with Crippen molar-refractivity contribution in [3.8, 4) is 11.8 Å². The topological polar surface area (TPSA) is 76.1 Å². The highest BCUT2D eigenvalue weighted by Gasteiger charge is 2.13. The van der Waals surface area contributed by atoms with Gasteiger partial charge in [-0.2, -0.15) is 5.26 Å². The van der Waals surface area contributed by atoms with Gasteiger partial charge in [0.2, 0.25) is 5.91 Å². The number of benzene rings is 1. The highest BCUT2D eigenvalue weighted by Crippen LogP contribution is 2.23. The molecule has 0 spiro atoms. The van der Waals surface area contributed by atoms with E-state index in [2.05, 4.69) is 0 Å². The number of ether oxygens (including phenoxy) is 1. The molecule has 0 bridgehead atoms. The van der Waals surface area contributed by atoms with Gasteiger partial charge in [0.05, 0.1) is 18.2 Å². The van der Waals surface area contributed by atoms with Gasteiger partial charge >= 0.3 is 0 Å². The molecule has 0 aromatic heterocycles. The van der Waals surface area contributed by atoms with Gasteiger partial charge in [0, 0.05) is 3.57 Å². The van der Waals surface area contributed by atoms with Crippen molar-refractivity contribution < 1.29 is 9.53 Å². The smallest absolute Gasteiger partial charge is 0.250 e. The molecular formula is C9H7IN2O2. The predicted octanol–water partition coefficient (Wildman–Crippen LogP) is 1.27. The van der Waals surface area contributed by atoms with E-state index in [1.54, 1.807) is 6.07 Å². The van der Waals surface area contributed by atoms with Crippen LogP contribution in [0.5, 0.6) is 5.75 Å². The van der Waals surface area contributed by atoms with Crippen LogP contribution in [0.15, 0.2) is 12.1 Å². The molecule has 0 atom stereocenters. The summed E-state index contributed by atoms with van der Waals surface area (Å²) in [4.78, 5) is 11.0. The Morgan fingerprint density at radius 1 is 1.64 bits per heavy atom. The molecule has 0 saturated carbocycles. The Balaban J connectivity index is 3.45. The summed E-state index contributed by atoms with van der Waals surface area (Å²) in [5, 5.41) is 8.81. The number of nitrogens with zero attached hydrogens (tertiary/aromatic N) is 1. The first kappa shape index (κ1) is 10.8. The fraction of sp³-hybridized carbons (Fsp3) is 0.111. The summed E-state index contributed by atoms with van der Waals surface area (Å²) in [5.74, 6) is -0.111. The van der Waals surface area contributed by atoms with Crippen LogP contribution in [0.3, 0.4) is 0 Å². The van der Waals surface area contributed by atoms with Crippen LogP contribution < -0.4 is 10.5 Å². The van der Waals surface area contributed by atoms with Crippen molar-refractivity contribution >= 4 is 28.5 Å². The SMILES string of the molecule is COc1cc(I)c(C#N)c(C(N)=O)c1. The molecule has 0 aliphatic heterocycles. The van der Waals surface area contributed by atoms with Gasteiger partial charge in [0.15, 0.2) is 0 Å². The highest BCUT2D eigenvalue weighted by atomic mass is 127. The van der Waals surface area contributed by atoms with Crippen LogP contribution in [-0.4, -0.2) is 13.0 Å². The number of carbonyl (C=O) groups is 1. The third-order valence-electron chi connectivity index (χ3n) is 1.68. The minimum Gasteiger partial charge on any atom is -0.497 e. The summed E-state index contributed by atoms with van der Waals surface area (Å²) in [6, 6.07) is 5.07. The molecule has 0 fully saturated rings. The van der Waals surface area contributed by atoms with Crippen molar-refractivity contribution in [2.75, 3.05) is 7.11 Å². The number of hydrogen-bond donors (Lipinski definition) is 1. The first-order valence-electron chi connectivity index (χ1n) is 3.67. The van der Waals surface area contributed by atoms with Crippen LogP contribution in [0.1, 0.15) is 15.9 Å². The van der Waals surface area contributed by atoms with Crippen molar-refractivity contribution in [1.29, 1.82) is 5.26 Å². The molecule has 1 rings (SSSR count). The maximum Gasteiger partial charge on any atom is 0.250 e. The normalized spacial score (nSPS) is 9.21. The largest absolute Gasteiger partial charge is 0.497 e. The molecule has 0 radical (unpaired) electrons. The predicted molar refractivity (Wildman–Crippen MR) is 58.9 cm³/mol. The molecular weight excluding hydrogens is 295 g/mol. The first-order valence-corrected chi connectivity index (χ1v) is 4.75. The fourth-order valence-corrected chi connectivity index (χ4v) is 1.73. The average molecular weight is 302 g/mol. The summed E-state index contributed by atoms with van der Waals surface area (Å²) in [6.45, 7) is 0. The van der Waals surface area contributed by atoms with Crippen molar-refractivity contribution in [1.82, 2.24) is 0 Å². The quantitative estimate of drug-likeness (QED) is 0.836. The number of primary amides is 1. The molecule has 0 aliphatic carbocycles. The Bertz CT molecular complexity index is 424. The Morgan fingerprint density at radius 3 is 2.71 bits per heavy atom. The molecule has 1 amide bonds. The number of amides is 1. The average Bonchev–Trinajstić information content (AvgIpc) is 2.16. The summed E-state index contributed by atoms with van der Waals surface area (Å²) in [7, 11) is 1.49. The van der Waals surface area contributed by atoms with Gasteiger partial charge < -0.3 is 10.5 Å². The molecule has 4 nitrogen and oxygen atoms in total. The maximum atomic E-state index is 11.0. The maximum absolute atomic E-state index is 11.0. The summed E-state index contributed by atoms with van der Waals surface area (Å²) < 4.78 is 5.61. The van der Waals surface area contributed by atoms with Crippen LogP contribution in [0.4, 0.5) is 0 Å². The molecule has 14 heavy (non-hydrogen) atoms. The number of rotatable bonds is 2. The molecule has 2 N–H and O–H groups in total. The number of carbonyl (C=O) groups excluding carboxylic acids is 1. The Labute approximate surface area is 94.8 Å². The zero-order valence-electron chi connectivity index (χ0n) is 7.37. The highest BCUT2D eigenvalue weighted by molar-refractivity contribution is 14.1. The van der Waals surface area contributed by atoms with E-state index in [-0.39, 0.29) is 5.56 Å². The first-order chi connectivity index (χ1) is 6.60. The Kier molecular flexibility index (Phi) is 3.30. The van der Waals surface area contributed by atoms with Crippen LogP contribution in [-0.2, 0) is 0 Å². The van der Waals surface area contributed by atoms with Crippen LogP contribution in [0.25, 0.3) is 0 Å². The number of halogens is 1. The van der Waals surface area contributed by atoms with E-state index in [1.807, 2.05) is 28.7 Å². The lowest BCUT2D eigenvalue weighted by atomic mass is 10.1. The minimum atomic E-state index is -0.627. The zero-order valence-corrected chi connectivity index (χ0v) is 9.53. The van der Waals surface area contributed by atoms with Crippen molar-refractivity contribution in [3.63, 3.8) is 0 Å². The zero-order chi connectivity index (χ0) is 10.7. The van der Waals surface area contributed by atoms with E-state index >= 15 is 0 Å². The molecule has 72 valence electrons. The fourth-order valence-electron chi connectivity index (χ4n) is 1.01. The Morgan fingerprint density at radius 2 is 2.29 bits per heavy atom. The van der Waals surface area contributed by atoms with Gasteiger partial charge in [-0.15, -0.1) is 0 Å². The third kappa shape index (κ3) is 1.96. The lowest BCUT2D eigenvalue weighted by Gasteiger charge is -2.05. The van der Waals surface area contributed by atoms with Crippen LogP contribution in [0.2, 0.25) is 0 Å². The molecule has 0 heterocycles. The van der Waals surface area contributed by atoms with Crippen LogP contribution in [0, 0.1) is 14.9 Å². The summed E-state index contributed by atoms with van der Waals surface area (Å²) in [5.41, 5.74) is 5.62. The van der Waals surface area contributed by atoms with Crippen molar-refractivity contribution in [3.05, 3.63) is 26.8 Å².